The van der Waals surface area contributed by atoms with E-state index in [1.54, 1.807) is 11.8 Å². The van der Waals surface area contributed by atoms with Gasteiger partial charge >= 0.3 is 0 Å². The molecule has 100 valence electrons. The fraction of sp³-hybridized carbons (Fsp3) is 0.200. The predicted octanol–water partition coefficient (Wildman–Crippen LogP) is 4.98. The largest absolute Gasteiger partial charge is 0.456 e. The van der Waals surface area contributed by atoms with Gasteiger partial charge in [0.05, 0.1) is 4.47 Å². The molecule has 0 radical (unpaired) electrons. The second kappa shape index (κ2) is 6.46. The van der Waals surface area contributed by atoms with E-state index in [0.29, 0.717) is 0 Å². The molecule has 0 aliphatic heterocycles. The van der Waals surface area contributed by atoms with Crippen LogP contribution in [0, 0.1) is 0 Å². The maximum atomic E-state index is 5.85. The molecular formula is C15H16BrNOS. The van der Waals surface area contributed by atoms with Crippen LogP contribution >= 0.6 is 27.7 Å². The first kappa shape index (κ1) is 14.4. The summed E-state index contributed by atoms with van der Waals surface area (Å²) in [5, 5.41) is 0. The van der Waals surface area contributed by atoms with Gasteiger partial charge in [-0.3, -0.25) is 0 Å². The Morgan fingerprint density at radius 3 is 2.37 bits per heavy atom. The molecule has 0 aliphatic carbocycles. The molecule has 0 saturated carbocycles. The van der Waals surface area contributed by atoms with Gasteiger partial charge in [0.25, 0.3) is 0 Å². The maximum absolute atomic E-state index is 5.85. The van der Waals surface area contributed by atoms with Crippen LogP contribution in [0.5, 0.6) is 11.5 Å². The van der Waals surface area contributed by atoms with Crippen molar-refractivity contribution in [2.24, 2.45) is 5.73 Å². The zero-order chi connectivity index (χ0) is 13.8. The first-order valence-corrected chi connectivity index (χ1v) is 7.99. The first-order chi connectivity index (χ1) is 9.10. The van der Waals surface area contributed by atoms with Crippen molar-refractivity contribution in [2.75, 3.05) is 6.26 Å². The first-order valence-electron chi connectivity index (χ1n) is 5.97. The summed E-state index contributed by atoms with van der Waals surface area (Å²) < 4.78 is 6.76. The lowest BCUT2D eigenvalue weighted by Crippen LogP contribution is -2.04. The minimum atomic E-state index is 0.0196. The molecule has 0 aromatic heterocycles. The molecule has 0 aliphatic rings. The number of halogens is 1. The predicted molar refractivity (Wildman–Crippen MR) is 85.0 cm³/mol. The van der Waals surface area contributed by atoms with E-state index < -0.39 is 0 Å². The second-order valence-electron chi connectivity index (χ2n) is 4.26. The van der Waals surface area contributed by atoms with Crippen molar-refractivity contribution < 1.29 is 4.74 Å². The van der Waals surface area contributed by atoms with Gasteiger partial charge in [-0.25, -0.2) is 0 Å². The lowest BCUT2D eigenvalue weighted by Gasteiger charge is -2.11. The fourth-order valence-corrected chi connectivity index (χ4v) is 2.54. The van der Waals surface area contributed by atoms with Crippen LogP contribution in [0.15, 0.2) is 51.8 Å². The molecule has 0 spiro atoms. The standard InChI is InChI=1S/C15H16BrNOS/c1-10(17)11-3-8-15(14(16)9-11)18-12-4-6-13(19-2)7-5-12/h3-10H,17H2,1-2H3/t10-/m0/s1. The Labute approximate surface area is 126 Å². The number of rotatable bonds is 4. The van der Waals surface area contributed by atoms with E-state index in [2.05, 4.69) is 22.2 Å². The molecule has 2 rings (SSSR count). The van der Waals surface area contributed by atoms with Gasteiger partial charge in [0, 0.05) is 10.9 Å². The zero-order valence-electron chi connectivity index (χ0n) is 10.9. The highest BCUT2D eigenvalue weighted by molar-refractivity contribution is 9.10. The van der Waals surface area contributed by atoms with Gasteiger partial charge in [-0.1, -0.05) is 6.07 Å². The lowest BCUT2D eigenvalue weighted by atomic mass is 10.1. The third-order valence-electron chi connectivity index (χ3n) is 2.77. The Balaban J connectivity index is 2.18. The molecule has 19 heavy (non-hydrogen) atoms. The Morgan fingerprint density at radius 2 is 1.84 bits per heavy atom. The summed E-state index contributed by atoms with van der Waals surface area (Å²) in [5.41, 5.74) is 6.93. The van der Waals surface area contributed by atoms with Crippen molar-refractivity contribution in [1.29, 1.82) is 0 Å². The van der Waals surface area contributed by atoms with Gasteiger partial charge < -0.3 is 10.5 Å². The Bertz CT molecular complexity index is 555. The van der Waals surface area contributed by atoms with Crippen LogP contribution in [0.25, 0.3) is 0 Å². The minimum absolute atomic E-state index is 0.0196. The summed E-state index contributed by atoms with van der Waals surface area (Å²) in [7, 11) is 0. The van der Waals surface area contributed by atoms with Crippen LogP contribution in [-0.2, 0) is 0 Å². The molecule has 1 atom stereocenters. The van der Waals surface area contributed by atoms with Crippen LogP contribution in [0.4, 0.5) is 0 Å². The van der Waals surface area contributed by atoms with E-state index in [0.717, 1.165) is 21.5 Å². The number of hydrogen-bond donors (Lipinski definition) is 1. The van der Waals surface area contributed by atoms with E-state index in [1.807, 2.05) is 49.4 Å². The van der Waals surface area contributed by atoms with Gasteiger partial charge in [0.2, 0.25) is 0 Å². The van der Waals surface area contributed by atoms with Crippen LogP contribution in [0.2, 0.25) is 0 Å². The number of ether oxygens (including phenoxy) is 1. The molecule has 4 heteroatoms. The third kappa shape index (κ3) is 3.75. The molecule has 2 aromatic carbocycles. The minimum Gasteiger partial charge on any atom is -0.456 e. The molecular weight excluding hydrogens is 322 g/mol. The van der Waals surface area contributed by atoms with Crippen LogP contribution < -0.4 is 10.5 Å². The number of nitrogens with two attached hydrogens (primary N) is 1. The summed E-state index contributed by atoms with van der Waals surface area (Å²) in [6.45, 7) is 1.96. The molecule has 2 aromatic rings. The normalized spacial score (nSPS) is 12.2. The topological polar surface area (TPSA) is 35.2 Å². The SMILES string of the molecule is CSc1ccc(Oc2ccc([C@H](C)N)cc2Br)cc1. The van der Waals surface area contributed by atoms with Crippen LogP contribution in [0.3, 0.4) is 0 Å². The molecule has 0 bridgehead atoms. The van der Waals surface area contributed by atoms with Gasteiger partial charge in [-0.2, -0.15) is 0 Å². The highest BCUT2D eigenvalue weighted by atomic mass is 79.9. The third-order valence-corrected chi connectivity index (χ3v) is 4.13. The summed E-state index contributed by atoms with van der Waals surface area (Å²) in [4.78, 5) is 1.22. The smallest absolute Gasteiger partial charge is 0.141 e. The van der Waals surface area contributed by atoms with Gasteiger partial charge in [-0.15, -0.1) is 11.8 Å². The highest BCUT2D eigenvalue weighted by Gasteiger charge is 2.06. The van der Waals surface area contributed by atoms with E-state index in [9.17, 15) is 0 Å². The van der Waals surface area contributed by atoms with Crippen molar-refractivity contribution in [3.05, 3.63) is 52.5 Å². The lowest BCUT2D eigenvalue weighted by molar-refractivity contribution is 0.479. The highest BCUT2D eigenvalue weighted by Crippen LogP contribution is 2.32. The summed E-state index contributed by atoms with van der Waals surface area (Å²) in [6, 6.07) is 14.0. The van der Waals surface area contributed by atoms with E-state index in [-0.39, 0.29) is 6.04 Å². The molecule has 0 fully saturated rings. The molecule has 2 nitrogen and oxygen atoms in total. The monoisotopic (exact) mass is 337 g/mol. The fourth-order valence-electron chi connectivity index (χ4n) is 1.65. The van der Waals surface area contributed by atoms with Gasteiger partial charge in [0.15, 0.2) is 0 Å². The van der Waals surface area contributed by atoms with Gasteiger partial charge in [-0.05, 0) is 71.1 Å². The Kier molecular flexibility index (Phi) is 4.91. The molecule has 0 saturated heterocycles. The van der Waals surface area contributed by atoms with Crippen molar-refractivity contribution >= 4 is 27.7 Å². The zero-order valence-corrected chi connectivity index (χ0v) is 13.3. The van der Waals surface area contributed by atoms with Crippen LogP contribution in [0.1, 0.15) is 18.5 Å². The Hall–Kier alpha value is -0.970. The number of hydrogen-bond acceptors (Lipinski definition) is 3. The quantitative estimate of drug-likeness (QED) is 0.798. The average molecular weight is 338 g/mol. The Morgan fingerprint density at radius 1 is 1.16 bits per heavy atom. The van der Waals surface area contributed by atoms with Crippen molar-refractivity contribution in [1.82, 2.24) is 0 Å². The van der Waals surface area contributed by atoms with Gasteiger partial charge in [0.1, 0.15) is 11.5 Å². The molecule has 0 amide bonds. The maximum Gasteiger partial charge on any atom is 0.141 e. The summed E-state index contributed by atoms with van der Waals surface area (Å²) in [6.07, 6.45) is 2.05. The van der Waals surface area contributed by atoms with Crippen molar-refractivity contribution in [3.8, 4) is 11.5 Å². The number of benzene rings is 2. The van der Waals surface area contributed by atoms with Crippen molar-refractivity contribution in [3.63, 3.8) is 0 Å². The number of thioether (sulfide) groups is 1. The van der Waals surface area contributed by atoms with E-state index >= 15 is 0 Å². The molecule has 0 heterocycles. The molecule has 0 unspecified atom stereocenters. The van der Waals surface area contributed by atoms with E-state index in [1.165, 1.54) is 4.90 Å². The molecule has 2 N–H and O–H groups in total. The second-order valence-corrected chi connectivity index (χ2v) is 5.99. The van der Waals surface area contributed by atoms with Crippen LogP contribution in [-0.4, -0.2) is 6.26 Å². The van der Waals surface area contributed by atoms with E-state index in [4.69, 9.17) is 10.5 Å². The van der Waals surface area contributed by atoms with Crippen molar-refractivity contribution in [2.45, 2.75) is 17.9 Å². The summed E-state index contributed by atoms with van der Waals surface area (Å²) >= 11 is 5.23. The summed E-state index contributed by atoms with van der Waals surface area (Å²) in [5.74, 6) is 1.62. The average Bonchev–Trinajstić information content (AvgIpc) is 2.41.